The summed E-state index contributed by atoms with van der Waals surface area (Å²) in [7, 11) is 0. The molecule has 0 aliphatic carbocycles. The van der Waals surface area contributed by atoms with Gasteiger partial charge >= 0.3 is 0 Å². The van der Waals surface area contributed by atoms with Gasteiger partial charge in [0.1, 0.15) is 6.10 Å². The summed E-state index contributed by atoms with van der Waals surface area (Å²) in [5, 5.41) is 32.8. The number of amides is 1. The molecule has 3 atom stereocenters. The summed E-state index contributed by atoms with van der Waals surface area (Å²) < 4.78 is 0. The fourth-order valence-corrected chi connectivity index (χ4v) is 6.25. The molecule has 0 aliphatic rings. The molecule has 3 unspecified atom stereocenters. The van der Waals surface area contributed by atoms with Crippen molar-refractivity contribution in [2.45, 2.75) is 231 Å². The number of hydrogen-bond acceptors (Lipinski definition) is 4. The van der Waals surface area contributed by atoms with Crippen LogP contribution < -0.4 is 5.32 Å². The van der Waals surface area contributed by atoms with Crippen molar-refractivity contribution in [2.75, 3.05) is 6.61 Å². The Morgan fingerprint density at radius 1 is 0.511 bits per heavy atom. The Morgan fingerprint density at radius 3 is 1.26 bits per heavy atom. The second kappa shape index (κ2) is 37.6. The number of allylic oxidation sites excluding steroid dienone is 3. The fraction of sp³-hybridized carbons (Fsp3) is 0.881. The van der Waals surface area contributed by atoms with Gasteiger partial charge in [0.05, 0.1) is 18.8 Å². The zero-order valence-electron chi connectivity index (χ0n) is 31.4. The lowest BCUT2D eigenvalue weighted by Crippen LogP contribution is -2.48. The Labute approximate surface area is 292 Å². The van der Waals surface area contributed by atoms with Crippen LogP contribution in [-0.2, 0) is 4.79 Å². The molecule has 1 amide bonds. The van der Waals surface area contributed by atoms with Gasteiger partial charge in [0.2, 0.25) is 5.91 Å². The standard InChI is InChI=1S/C42H81NO4/c1-3-5-7-9-11-13-14-15-16-17-18-19-20-21-22-23-24-25-26-27-28-29-31-32-34-36-40(45)39(38-44)43-42(47)41(46)37-35-33-30-12-10-8-6-4-2/h30,33-34,36,39-41,44-46H,3-29,31-32,35,37-38H2,1-2H3,(H,43,47)/b33-30-,36-34+. The van der Waals surface area contributed by atoms with Gasteiger partial charge in [-0.15, -0.1) is 0 Å². The maximum atomic E-state index is 12.3. The maximum Gasteiger partial charge on any atom is 0.249 e. The van der Waals surface area contributed by atoms with Crippen molar-refractivity contribution in [3.8, 4) is 0 Å². The average molecular weight is 664 g/mol. The molecule has 0 heterocycles. The van der Waals surface area contributed by atoms with E-state index >= 15 is 0 Å². The minimum atomic E-state index is -1.14. The summed E-state index contributed by atoms with van der Waals surface area (Å²) in [6.45, 7) is 4.11. The SMILES string of the molecule is CCCCCC/C=C\CCC(O)C(=O)NC(CO)C(O)/C=C/CCCCCCCCCCCCCCCCCCCCCCCCC. The molecule has 278 valence electrons. The van der Waals surface area contributed by atoms with Crippen molar-refractivity contribution in [3.05, 3.63) is 24.3 Å². The highest BCUT2D eigenvalue weighted by atomic mass is 16.3. The van der Waals surface area contributed by atoms with Crippen LogP contribution in [0.2, 0.25) is 0 Å². The Bertz CT molecular complexity index is 694. The molecule has 0 radical (unpaired) electrons. The predicted octanol–water partition coefficient (Wildman–Crippen LogP) is 11.4. The van der Waals surface area contributed by atoms with Gasteiger partial charge in [-0.05, 0) is 38.5 Å². The van der Waals surface area contributed by atoms with E-state index in [1.807, 2.05) is 12.2 Å². The molecule has 0 saturated heterocycles. The van der Waals surface area contributed by atoms with E-state index in [0.717, 1.165) is 19.3 Å². The van der Waals surface area contributed by atoms with Crippen LogP contribution in [0.5, 0.6) is 0 Å². The first kappa shape index (κ1) is 45.8. The number of carbonyl (C=O) groups excluding carboxylic acids is 1. The summed E-state index contributed by atoms with van der Waals surface area (Å²) in [4.78, 5) is 12.3. The lowest BCUT2D eigenvalue weighted by Gasteiger charge is -2.21. The monoisotopic (exact) mass is 664 g/mol. The average Bonchev–Trinajstić information content (AvgIpc) is 3.07. The smallest absolute Gasteiger partial charge is 0.249 e. The number of aliphatic hydroxyl groups is 3. The van der Waals surface area contributed by atoms with E-state index in [1.165, 1.54) is 167 Å². The number of aliphatic hydroxyl groups excluding tert-OH is 3. The van der Waals surface area contributed by atoms with Gasteiger partial charge in [-0.2, -0.15) is 0 Å². The molecule has 0 aromatic heterocycles. The summed E-state index contributed by atoms with van der Waals surface area (Å²) in [6, 6.07) is -0.808. The molecule has 0 spiro atoms. The number of nitrogens with one attached hydrogen (secondary N) is 1. The van der Waals surface area contributed by atoms with Gasteiger partial charge < -0.3 is 20.6 Å². The van der Waals surface area contributed by atoms with Gasteiger partial charge in [0, 0.05) is 0 Å². The molecular formula is C42H81NO4. The van der Waals surface area contributed by atoms with E-state index < -0.39 is 24.2 Å². The summed E-state index contributed by atoms with van der Waals surface area (Å²) in [5.74, 6) is -0.539. The van der Waals surface area contributed by atoms with Crippen molar-refractivity contribution < 1.29 is 20.1 Å². The van der Waals surface area contributed by atoms with E-state index in [2.05, 4.69) is 25.2 Å². The van der Waals surface area contributed by atoms with Gasteiger partial charge in [0.25, 0.3) is 0 Å². The van der Waals surface area contributed by atoms with Crippen LogP contribution in [-0.4, -0.2) is 46.1 Å². The molecule has 5 heteroatoms. The Kier molecular flexibility index (Phi) is 36.7. The molecule has 0 saturated carbocycles. The van der Waals surface area contributed by atoms with Crippen LogP contribution in [0.1, 0.15) is 213 Å². The zero-order valence-corrected chi connectivity index (χ0v) is 31.4. The van der Waals surface area contributed by atoms with Gasteiger partial charge in [0.15, 0.2) is 0 Å². The third-order valence-corrected chi connectivity index (χ3v) is 9.54. The number of unbranched alkanes of at least 4 members (excludes halogenated alkanes) is 27. The number of carbonyl (C=O) groups is 1. The van der Waals surface area contributed by atoms with Crippen LogP contribution in [0, 0.1) is 0 Å². The molecular weight excluding hydrogens is 582 g/mol. The lowest BCUT2D eigenvalue weighted by atomic mass is 10.0. The minimum absolute atomic E-state index is 0.334. The highest BCUT2D eigenvalue weighted by molar-refractivity contribution is 5.80. The first-order valence-corrected chi connectivity index (χ1v) is 20.7. The highest BCUT2D eigenvalue weighted by Crippen LogP contribution is 2.16. The lowest BCUT2D eigenvalue weighted by molar-refractivity contribution is -0.131. The van der Waals surface area contributed by atoms with Crippen LogP contribution in [0.15, 0.2) is 24.3 Å². The Hall–Kier alpha value is -1.17. The zero-order chi connectivity index (χ0) is 34.5. The molecule has 0 bridgehead atoms. The largest absolute Gasteiger partial charge is 0.394 e. The molecule has 0 aromatic rings. The van der Waals surface area contributed by atoms with Crippen LogP contribution >= 0.6 is 0 Å². The first-order valence-electron chi connectivity index (χ1n) is 20.7. The Morgan fingerprint density at radius 2 is 0.851 bits per heavy atom. The van der Waals surface area contributed by atoms with Crippen LogP contribution in [0.3, 0.4) is 0 Å². The third-order valence-electron chi connectivity index (χ3n) is 9.54. The van der Waals surface area contributed by atoms with Crippen molar-refractivity contribution in [3.63, 3.8) is 0 Å². The van der Waals surface area contributed by atoms with E-state index in [9.17, 15) is 20.1 Å². The highest BCUT2D eigenvalue weighted by Gasteiger charge is 2.22. The Balaban J connectivity index is 3.58. The van der Waals surface area contributed by atoms with Crippen molar-refractivity contribution in [1.82, 2.24) is 5.32 Å². The summed E-state index contributed by atoms with van der Waals surface area (Å²) in [5.41, 5.74) is 0. The van der Waals surface area contributed by atoms with E-state index in [4.69, 9.17) is 0 Å². The minimum Gasteiger partial charge on any atom is -0.394 e. The number of hydrogen-bond donors (Lipinski definition) is 4. The molecule has 0 aromatic carbocycles. The summed E-state index contributed by atoms with van der Waals surface area (Å²) >= 11 is 0. The second-order valence-corrected chi connectivity index (χ2v) is 14.2. The normalized spacial score (nSPS) is 13.9. The predicted molar refractivity (Wildman–Crippen MR) is 204 cm³/mol. The fourth-order valence-electron chi connectivity index (χ4n) is 6.25. The van der Waals surface area contributed by atoms with E-state index in [1.54, 1.807) is 6.08 Å². The molecule has 5 nitrogen and oxygen atoms in total. The molecule has 0 aliphatic heterocycles. The molecule has 4 N–H and O–H groups in total. The quantitative estimate of drug-likeness (QED) is 0.0393. The van der Waals surface area contributed by atoms with E-state index in [0.29, 0.717) is 12.8 Å². The molecule has 0 rings (SSSR count). The van der Waals surface area contributed by atoms with Gasteiger partial charge in [-0.25, -0.2) is 0 Å². The maximum absolute atomic E-state index is 12.3. The number of rotatable bonds is 37. The molecule has 47 heavy (non-hydrogen) atoms. The second-order valence-electron chi connectivity index (χ2n) is 14.2. The van der Waals surface area contributed by atoms with Crippen molar-refractivity contribution >= 4 is 5.91 Å². The van der Waals surface area contributed by atoms with Gasteiger partial charge in [-0.3, -0.25) is 4.79 Å². The van der Waals surface area contributed by atoms with Crippen molar-refractivity contribution in [1.29, 1.82) is 0 Å². The van der Waals surface area contributed by atoms with E-state index in [-0.39, 0.29) is 6.61 Å². The first-order chi connectivity index (χ1) is 23.1. The van der Waals surface area contributed by atoms with Crippen molar-refractivity contribution in [2.24, 2.45) is 0 Å². The van der Waals surface area contributed by atoms with Gasteiger partial charge in [-0.1, -0.05) is 199 Å². The summed E-state index contributed by atoms with van der Waals surface area (Å²) in [6.07, 6.45) is 45.3. The van der Waals surface area contributed by atoms with Crippen LogP contribution in [0.25, 0.3) is 0 Å². The topological polar surface area (TPSA) is 89.8 Å². The molecule has 0 fully saturated rings. The van der Waals surface area contributed by atoms with Crippen LogP contribution in [0.4, 0.5) is 0 Å². The third kappa shape index (κ3) is 33.1.